The summed E-state index contributed by atoms with van der Waals surface area (Å²) in [6.45, 7) is 0. The molecule has 0 bridgehead atoms. The van der Waals surface area contributed by atoms with E-state index in [4.69, 9.17) is 10.3 Å². The number of furan rings is 1. The van der Waals surface area contributed by atoms with E-state index >= 15 is 0 Å². The van der Waals surface area contributed by atoms with Crippen LogP contribution in [0.5, 0.6) is 0 Å². The number of nitrogens with zero attached hydrogens (tertiary/aromatic N) is 1. The van der Waals surface area contributed by atoms with E-state index in [-0.39, 0.29) is 11.9 Å². The fourth-order valence-corrected chi connectivity index (χ4v) is 2.54. The normalized spacial score (nSPS) is 13.0. The Labute approximate surface area is 106 Å². The molecule has 3 rings (SSSR count). The van der Waals surface area contributed by atoms with Crippen molar-refractivity contribution in [1.29, 1.82) is 0 Å². The van der Waals surface area contributed by atoms with Gasteiger partial charge in [0.1, 0.15) is 23.2 Å². The molecule has 4 nitrogen and oxygen atoms in total. The predicted octanol–water partition coefficient (Wildman–Crippen LogP) is 2.58. The van der Waals surface area contributed by atoms with Crippen LogP contribution in [0.1, 0.15) is 16.7 Å². The number of aromatic nitrogens is 1. The van der Waals surface area contributed by atoms with Crippen LogP contribution in [0.2, 0.25) is 0 Å². The van der Waals surface area contributed by atoms with E-state index in [1.54, 1.807) is 23.8 Å². The number of nitrogens with two attached hydrogens (primary N) is 1. The number of nitrogens with one attached hydrogen (secondary N) is 1. The molecule has 3 N–H and O–H groups in total. The first-order valence-electron chi connectivity index (χ1n) is 5.31. The van der Waals surface area contributed by atoms with Crippen LogP contribution in [0.15, 0.2) is 40.4 Å². The standard InChI is InChI=1S/C12H10FN3OS/c13-8-1-2-9-7(3-8)4-10(17-9)12(16-14)11-5-15-6-18-11/h1-6,12,16H,14H2. The monoisotopic (exact) mass is 263 g/mol. The van der Waals surface area contributed by atoms with E-state index in [9.17, 15) is 4.39 Å². The van der Waals surface area contributed by atoms with Crippen LogP contribution in [-0.4, -0.2) is 4.98 Å². The third-order valence-corrected chi connectivity index (χ3v) is 3.52. The van der Waals surface area contributed by atoms with Crippen LogP contribution in [0.4, 0.5) is 4.39 Å². The highest BCUT2D eigenvalue weighted by molar-refractivity contribution is 7.09. The van der Waals surface area contributed by atoms with Crippen LogP contribution in [0.25, 0.3) is 11.0 Å². The maximum Gasteiger partial charge on any atom is 0.134 e. The Kier molecular flexibility index (Phi) is 2.83. The lowest BCUT2D eigenvalue weighted by atomic mass is 10.2. The first kappa shape index (κ1) is 11.3. The van der Waals surface area contributed by atoms with Gasteiger partial charge in [-0.1, -0.05) is 0 Å². The highest BCUT2D eigenvalue weighted by atomic mass is 32.1. The minimum Gasteiger partial charge on any atom is -0.459 e. The highest BCUT2D eigenvalue weighted by Gasteiger charge is 2.18. The molecule has 0 aliphatic rings. The first-order valence-corrected chi connectivity index (χ1v) is 6.19. The van der Waals surface area contributed by atoms with E-state index in [1.807, 2.05) is 0 Å². The maximum atomic E-state index is 13.1. The summed E-state index contributed by atoms with van der Waals surface area (Å²) < 4.78 is 18.8. The molecule has 0 saturated heterocycles. The van der Waals surface area contributed by atoms with Crippen molar-refractivity contribution in [3.63, 3.8) is 0 Å². The molecule has 92 valence electrons. The lowest BCUT2D eigenvalue weighted by Gasteiger charge is -2.09. The number of benzene rings is 1. The minimum absolute atomic E-state index is 0.270. The largest absolute Gasteiger partial charge is 0.459 e. The van der Waals surface area contributed by atoms with Gasteiger partial charge in [0.05, 0.1) is 10.4 Å². The molecule has 6 heteroatoms. The molecule has 2 aromatic heterocycles. The summed E-state index contributed by atoms with van der Waals surface area (Å²) in [5.41, 5.74) is 5.04. The molecule has 0 radical (unpaired) electrons. The van der Waals surface area contributed by atoms with Gasteiger partial charge in [0.25, 0.3) is 0 Å². The summed E-state index contributed by atoms with van der Waals surface area (Å²) in [7, 11) is 0. The summed E-state index contributed by atoms with van der Waals surface area (Å²) >= 11 is 1.48. The van der Waals surface area contributed by atoms with Crippen molar-refractivity contribution in [1.82, 2.24) is 10.4 Å². The van der Waals surface area contributed by atoms with Crippen molar-refractivity contribution in [2.75, 3.05) is 0 Å². The fraction of sp³-hybridized carbons (Fsp3) is 0.0833. The fourth-order valence-electron chi connectivity index (χ4n) is 1.85. The van der Waals surface area contributed by atoms with Gasteiger partial charge in [-0.15, -0.1) is 11.3 Å². The average Bonchev–Trinajstić information content (AvgIpc) is 2.98. The third kappa shape index (κ3) is 1.90. The van der Waals surface area contributed by atoms with Crippen molar-refractivity contribution >= 4 is 22.3 Å². The van der Waals surface area contributed by atoms with Gasteiger partial charge in [-0.05, 0) is 24.3 Å². The van der Waals surface area contributed by atoms with E-state index in [2.05, 4.69) is 10.4 Å². The third-order valence-electron chi connectivity index (χ3n) is 2.68. The van der Waals surface area contributed by atoms with Crippen molar-refractivity contribution in [3.05, 3.63) is 52.4 Å². The van der Waals surface area contributed by atoms with E-state index in [1.165, 1.54) is 23.5 Å². The molecule has 1 unspecified atom stereocenters. The van der Waals surface area contributed by atoms with E-state index in [0.717, 1.165) is 10.3 Å². The number of thiazole rings is 1. The minimum atomic E-state index is -0.287. The molecule has 1 aromatic carbocycles. The summed E-state index contributed by atoms with van der Waals surface area (Å²) in [5, 5.41) is 0.717. The molecule has 3 aromatic rings. The van der Waals surface area contributed by atoms with Crippen LogP contribution in [-0.2, 0) is 0 Å². The van der Waals surface area contributed by atoms with Crippen LogP contribution >= 0.6 is 11.3 Å². The van der Waals surface area contributed by atoms with Crippen molar-refractivity contribution in [2.24, 2.45) is 5.84 Å². The molecule has 18 heavy (non-hydrogen) atoms. The van der Waals surface area contributed by atoms with Crippen molar-refractivity contribution in [3.8, 4) is 0 Å². The molecular formula is C12H10FN3OS. The molecule has 0 aliphatic heterocycles. The molecule has 0 amide bonds. The molecule has 0 fully saturated rings. The number of hydrazine groups is 1. The topological polar surface area (TPSA) is 64.1 Å². The lowest BCUT2D eigenvalue weighted by Crippen LogP contribution is -2.27. The SMILES string of the molecule is NNC(c1cc2cc(F)ccc2o1)c1cncs1. The van der Waals surface area contributed by atoms with Gasteiger partial charge in [0, 0.05) is 11.6 Å². The second-order valence-corrected chi connectivity index (χ2v) is 4.75. The Bertz CT molecular complexity index is 665. The smallest absolute Gasteiger partial charge is 0.134 e. The lowest BCUT2D eigenvalue weighted by molar-refractivity contribution is 0.480. The number of rotatable bonds is 3. The molecule has 0 aliphatic carbocycles. The predicted molar refractivity (Wildman–Crippen MR) is 67.5 cm³/mol. The Hall–Kier alpha value is -1.76. The Morgan fingerprint density at radius 2 is 2.28 bits per heavy atom. The second-order valence-electron chi connectivity index (χ2n) is 3.83. The first-order chi connectivity index (χ1) is 8.78. The summed E-state index contributed by atoms with van der Waals surface area (Å²) in [5.74, 6) is 5.90. The molecule has 0 spiro atoms. The van der Waals surface area contributed by atoms with Gasteiger partial charge in [-0.3, -0.25) is 10.8 Å². The van der Waals surface area contributed by atoms with Crippen LogP contribution in [0.3, 0.4) is 0 Å². The number of hydrogen-bond acceptors (Lipinski definition) is 5. The zero-order valence-electron chi connectivity index (χ0n) is 9.26. The quantitative estimate of drug-likeness (QED) is 0.563. The summed E-state index contributed by atoms with van der Waals surface area (Å²) in [6, 6.07) is 5.92. The zero-order chi connectivity index (χ0) is 12.5. The molecule has 2 heterocycles. The highest BCUT2D eigenvalue weighted by Crippen LogP contribution is 2.29. The maximum absolute atomic E-state index is 13.1. The van der Waals surface area contributed by atoms with Crippen LogP contribution < -0.4 is 11.3 Å². The Balaban J connectivity index is 2.07. The van der Waals surface area contributed by atoms with Gasteiger partial charge in [0.2, 0.25) is 0 Å². The Morgan fingerprint density at radius 3 is 3.00 bits per heavy atom. The summed E-state index contributed by atoms with van der Waals surface area (Å²) in [6.07, 6.45) is 1.73. The van der Waals surface area contributed by atoms with Gasteiger partial charge in [-0.25, -0.2) is 9.82 Å². The van der Waals surface area contributed by atoms with Gasteiger partial charge >= 0.3 is 0 Å². The van der Waals surface area contributed by atoms with Gasteiger partial charge in [0.15, 0.2) is 0 Å². The van der Waals surface area contributed by atoms with Crippen molar-refractivity contribution < 1.29 is 8.81 Å². The summed E-state index contributed by atoms with van der Waals surface area (Å²) in [4.78, 5) is 4.95. The second kappa shape index (κ2) is 4.49. The van der Waals surface area contributed by atoms with E-state index in [0.29, 0.717) is 11.3 Å². The average molecular weight is 263 g/mol. The van der Waals surface area contributed by atoms with Crippen LogP contribution in [0, 0.1) is 5.82 Å². The number of hydrogen-bond donors (Lipinski definition) is 2. The van der Waals surface area contributed by atoms with Gasteiger partial charge in [-0.2, -0.15) is 0 Å². The molecule has 0 saturated carbocycles. The molecular weight excluding hydrogens is 253 g/mol. The zero-order valence-corrected chi connectivity index (χ0v) is 10.1. The Morgan fingerprint density at radius 1 is 1.39 bits per heavy atom. The number of fused-ring (bicyclic) bond motifs is 1. The molecule has 1 atom stereocenters. The number of halogens is 1. The van der Waals surface area contributed by atoms with Crippen molar-refractivity contribution in [2.45, 2.75) is 6.04 Å². The van der Waals surface area contributed by atoms with E-state index < -0.39 is 0 Å². The van der Waals surface area contributed by atoms with Gasteiger partial charge < -0.3 is 4.42 Å².